The number of carbonyl (C=O) groups is 1. The van der Waals surface area contributed by atoms with Crippen molar-refractivity contribution in [3.63, 3.8) is 0 Å². The highest BCUT2D eigenvalue weighted by molar-refractivity contribution is 6.99. The van der Waals surface area contributed by atoms with E-state index in [0.717, 1.165) is 5.57 Å². The van der Waals surface area contributed by atoms with Crippen LogP contribution in [-0.2, 0) is 18.7 Å². The van der Waals surface area contributed by atoms with Gasteiger partial charge in [-0.1, -0.05) is 81.4 Å². The number of hydrogen-bond acceptors (Lipinski definition) is 4. The molecular formula is C25H30O4Si. The van der Waals surface area contributed by atoms with Gasteiger partial charge >= 0.3 is 0 Å². The molecule has 0 radical (unpaired) electrons. The van der Waals surface area contributed by atoms with Crippen molar-refractivity contribution in [1.82, 2.24) is 0 Å². The van der Waals surface area contributed by atoms with E-state index in [1.54, 1.807) is 6.08 Å². The number of fused-ring (bicyclic) bond motifs is 1. The van der Waals surface area contributed by atoms with Gasteiger partial charge < -0.3 is 13.9 Å². The second-order valence-electron chi connectivity index (χ2n) is 9.55. The fourth-order valence-electron chi connectivity index (χ4n) is 4.66. The van der Waals surface area contributed by atoms with Crippen molar-refractivity contribution < 1.29 is 18.7 Å². The zero-order valence-corrected chi connectivity index (χ0v) is 19.3. The molecule has 5 heteroatoms. The SMILES string of the molecule is CC1(C)O[C@@H]2C(CO[Si](c3ccccc3)(c3ccccc3)C(C)(C)C)=CC(=O)[C@@H]2O1. The minimum atomic E-state index is -2.67. The molecule has 1 heterocycles. The summed E-state index contributed by atoms with van der Waals surface area (Å²) in [5.41, 5.74) is 0.864. The Labute approximate surface area is 180 Å². The Morgan fingerprint density at radius 3 is 1.90 bits per heavy atom. The molecule has 0 amide bonds. The molecule has 1 fully saturated rings. The van der Waals surface area contributed by atoms with Gasteiger partial charge in [-0.2, -0.15) is 0 Å². The van der Waals surface area contributed by atoms with Gasteiger partial charge in [-0.25, -0.2) is 0 Å². The molecule has 0 bridgehead atoms. The predicted molar refractivity (Wildman–Crippen MR) is 120 cm³/mol. The Hall–Kier alpha value is -2.05. The van der Waals surface area contributed by atoms with E-state index >= 15 is 0 Å². The van der Waals surface area contributed by atoms with E-state index in [1.807, 2.05) is 26.0 Å². The predicted octanol–water partition coefficient (Wildman–Crippen LogP) is 3.59. The lowest BCUT2D eigenvalue weighted by Crippen LogP contribution is -2.66. The van der Waals surface area contributed by atoms with E-state index < -0.39 is 20.2 Å². The Balaban J connectivity index is 1.73. The van der Waals surface area contributed by atoms with Crippen LogP contribution in [0.15, 0.2) is 72.3 Å². The third-order valence-electron chi connectivity index (χ3n) is 5.94. The molecule has 2 aromatic carbocycles. The number of ketones is 1. The van der Waals surface area contributed by atoms with Gasteiger partial charge in [0.25, 0.3) is 8.32 Å². The highest BCUT2D eigenvalue weighted by Gasteiger charge is 2.53. The smallest absolute Gasteiger partial charge is 0.261 e. The molecule has 1 aliphatic heterocycles. The molecule has 0 aromatic heterocycles. The molecule has 0 spiro atoms. The number of benzene rings is 2. The van der Waals surface area contributed by atoms with E-state index in [4.69, 9.17) is 13.9 Å². The molecule has 30 heavy (non-hydrogen) atoms. The summed E-state index contributed by atoms with van der Waals surface area (Å²) < 4.78 is 18.8. The molecular weight excluding hydrogens is 392 g/mol. The van der Waals surface area contributed by atoms with Gasteiger partial charge in [0.15, 0.2) is 17.7 Å². The van der Waals surface area contributed by atoms with Crippen molar-refractivity contribution in [2.75, 3.05) is 6.61 Å². The molecule has 0 saturated carbocycles. The van der Waals surface area contributed by atoms with Gasteiger partial charge in [0.2, 0.25) is 0 Å². The fourth-order valence-corrected chi connectivity index (χ4v) is 9.20. The van der Waals surface area contributed by atoms with Gasteiger partial charge in [-0.05, 0) is 40.9 Å². The number of hydrogen-bond donors (Lipinski definition) is 0. The van der Waals surface area contributed by atoms with Gasteiger partial charge in [0.1, 0.15) is 6.10 Å². The second-order valence-corrected chi connectivity index (χ2v) is 13.9. The second kappa shape index (κ2) is 7.57. The summed E-state index contributed by atoms with van der Waals surface area (Å²) in [4.78, 5) is 12.5. The summed E-state index contributed by atoms with van der Waals surface area (Å²) in [5.74, 6) is -0.798. The van der Waals surface area contributed by atoms with Crippen LogP contribution < -0.4 is 10.4 Å². The Morgan fingerprint density at radius 2 is 1.40 bits per heavy atom. The molecule has 2 atom stereocenters. The first-order valence-electron chi connectivity index (χ1n) is 10.5. The summed E-state index contributed by atoms with van der Waals surface area (Å²) in [5, 5.41) is 2.31. The average Bonchev–Trinajstić information content (AvgIpc) is 3.17. The van der Waals surface area contributed by atoms with Crippen LogP contribution in [-0.4, -0.2) is 38.7 Å². The molecule has 2 aliphatic rings. The minimum absolute atomic E-state index is 0.0355. The van der Waals surface area contributed by atoms with E-state index in [9.17, 15) is 4.79 Å². The maximum atomic E-state index is 12.5. The lowest BCUT2D eigenvalue weighted by atomic mass is 10.2. The number of rotatable bonds is 5. The Bertz CT molecular complexity index is 905. The molecule has 1 saturated heterocycles. The maximum Gasteiger partial charge on any atom is 0.261 e. The van der Waals surface area contributed by atoms with Crippen molar-refractivity contribution in [3.8, 4) is 0 Å². The largest absolute Gasteiger partial charge is 0.403 e. The summed E-state index contributed by atoms with van der Waals surface area (Å²) in [6, 6.07) is 21.0. The first kappa shape index (κ1) is 21.2. The van der Waals surface area contributed by atoms with Gasteiger partial charge in [0, 0.05) is 0 Å². The molecule has 158 valence electrons. The molecule has 4 rings (SSSR count). The van der Waals surface area contributed by atoms with E-state index in [2.05, 4.69) is 69.3 Å². The van der Waals surface area contributed by atoms with Crippen LogP contribution in [0.5, 0.6) is 0 Å². The van der Waals surface area contributed by atoms with Crippen molar-refractivity contribution in [2.45, 2.75) is 57.7 Å². The van der Waals surface area contributed by atoms with E-state index in [0.29, 0.717) is 6.61 Å². The van der Waals surface area contributed by atoms with Crippen LogP contribution in [0.25, 0.3) is 0 Å². The summed E-state index contributed by atoms with van der Waals surface area (Å²) in [6.45, 7) is 10.8. The van der Waals surface area contributed by atoms with Crippen LogP contribution in [0, 0.1) is 0 Å². The van der Waals surface area contributed by atoms with Crippen LogP contribution in [0.2, 0.25) is 5.04 Å². The Kier molecular flexibility index (Phi) is 5.35. The normalized spacial score (nSPS) is 23.4. The first-order valence-corrected chi connectivity index (χ1v) is 12.4. The minimum Gasteiger partial charge on any atom is -0.403 e. The van der Waals surface area contributed by atoms with E-state index in [-0.39, 0.29) is 16.9 Å². The fraction of sp³-hybridized carbons (Fsp3) is 0.400. The van der Waals surface area contributed by atoms with Crippen LogP contribution >= 0.6 is 0 Å². The molecule has 1 aliphatic carbocycles. The zero-order valence-electron chi connectivity index (χ0n) is 18.3. The van der Waals surface area contributed by atoms with Crippen LogP contribution in [0.1, 0.15) is 34.6 Å². The average molecular weight is 423 g/mol. The number of carbonyl (C=O) groups excluding carboxylic acids is 1. The highest BCUT2D eigenvalue weighted by Crippen LogP contribution is 2.40. The lowest BCUT2D eigenvalue weighted by Gasteiger charge is -2.43. The summed E-state index contributed by atoms with van der Waals surface area (Å²) >= 11 is 0. The molecule has 0 N–H and O–H groups in total. The third-order valence-corrected chi connectivity index (χ3v) is 10.9. The standard InChI is InChI=1S/C25H30O4Si/c1-24(2,3)30(19-12-8-6-9-13-19,20-14-10-7-11-15-20)27-17-18-16-21(26)23-22(18)28-25(4,5)29-23/h6-16,22-23H,17H2,1-5H3/t22-,23+/m1/s1. The zero-order chi connectivity index (χ0) is 21.6. The lowest BCUT2D eigenvalue weighted by molar-refractivity contribution is -0.153. The van der Waals surface area contributed by atoms with Crippen LogP contribution in [0.3, 0.4) is 0 Å². The van der Waals surface area contributed by atoms with Crippen molar-refractivity contribution in [1.29, 1.82) is 0 Å². The molecule has 2 aromatic rings. The van der Waals surface area contributed by atoms with Crippen molar-refractivity contribution in [3.05, 3.63) is 72.3 Å². The quantitative estimate of drug-likeness (QED) is 0.691. The van der Waals surface area contributed by atoms with Crippen molar-refractivity contribution in [2.24, 2.45) is 0 Å². The molecule has 0 unspecified atom stereocenters. The van der Waals surface area contributed by atoms with Gasteiger partial charge in [0.05, 0.1) is 6.61 Å². The Morgan fingerprint density at radius 1 is 0.900 bits per heavy atom. The van der Waals surface area contributed by atoms with E-state index in [1.165, 1.54) is 10.4 Å². The topological polar surface area (TPSA) is 44.8 Å². The van der Waals surface area contributed by atoms with Gasteiger partial charge in [-0.15, -0.1) is 0 Å². The summed E-state index contributed by atoms with van der Waals surface area (Å²) in [7, 11) is -2.67. The monoisotopic (exact) mass is 422 g/mol. The maximum absolute atomic E-state index is 12.5. The summed E-state index contributed by atoms with van der Waals surface area (Å²) in [6.07, 6.45) is 0.728. The molecule has 4 nitrogen and oxygen atoms in total. The third kappa shape index (κ3) is 3.60. The van der Waals surface area contributed by atoms with Crippen LogP contribution in [0.4, 0.5) is 0 Å². The van der Waals surface area contributed by atoms with Gasteiger partial charge in [-0.3, -0.25) is 4.79 Å². The van der Waals surface area contributed by atoms with Crippen molar-refractivity contribution >= 4 is 24.5 Å². The highest BCUT2D eigenvalue weighted by atomic mass is 28.4. The number of ether oxygens (including phenoxy) is 2. The first-order chi connectivity index (χ1) is 14.1.